The Kier molecular flexibility index (Phi) is 7.18. The number of esters is 1. The second-order valence-electron chi connectivity index (χ2n) is 8.02. The molecule has 4 rings (SSSR count). The van der Waals surface area contributed by atoms with E-state index in [9.17, 15) is 18.0 Å². The molecule has 0 radical (unpaired) electrons. The van der Waals surface area contributed by atoms with Gasteiger partial charge in [-0.05, 0) is 47.5 Å². The number of hydrogen-bond acceptors (Lipinski definition) is 6. The van der Waals surface area contributed by atoms with Crippen molar-refractivity contribution >= 4 is 21.9 Å². The number of carbonyl (C=O) groups excluding carboxylic acids is 2. The number of rotatable bonds is 6. The van der Waals surface area contributed by atoms with Crippen LogP contribution in [-0.2, 0) is 19.6 Å². The molecule has 3 aromatic carbocycles. The molecule has 35 heavy (non-hydrogen) atoms. The number of ether oxygens (including phenoxy) is 2. The Balaban J connectivity index is 1.54. The second-order valence-corrected chi connectivity index (χ2v) is 9.92. The Morgan fingerprint density at radius 3 is 2.06 bits per heavy atom. The van der Waals surface area contributed by atoms with E-state index in [0.29, 0.717) is 11.3 Å². The van der Waals surface area contributed by atoms with Crippen LogP contribution in [-0.4, -0.2) is 69.4 Å². The summed E-state index contributed by atoms with van der Waals surface area (Å²) < 4.78 is 37.7. The van der Waals surface area contributed by atoms with E-state index in [1.54, 1.807) is 24.3 Å². The average molecular weight is 495 g/mol. The molecule has 1 saturated heterocycles. The maximum atomic E-state index is 13.3. The van der Waals surface area contributed by atoms with E-state index in [4.69, 9.17) is 9.47 Å². The highest BCUT2D eigenvalue weighted by molar-refractivity contribution is 7.89. The van der Waals surface area contributed by atoms with Gasteiger partial charge < -0.3 is 14.4 Å². The summed E-state index contributed by atoms with van der Waals surface area (Å²) in [4.78, 5) is 27.3. The normalized spacial score (nSPS) is 16.5. The van der Waals surface area contributed by atoms with E-state index >= 15 is 0 Å². The van der Waals surface area contributed by atoms with Crippen LogP contribution in [0.1, 0.15) is 10.4 Å². The van der Waals surface area contributed by atoms with Gasteiger partial charge in [0.25, 0.3) is 5.91 Å². The van der Waals surface area contributed by atoms with Gasteiger partial charge in [-0.3, -0.25) is 9.59 Å². The molecular formula is C26H26N2O6S. The van der Waals surface area contributed by atoms with Crippen LogP contribution in [0.3, 0.4) is 0 Å². The number of piperazine rings is 1. The Morgan fingerprint density at radius 2 is 1.46 bits per heavy atom. The first-order chi connectivity index (χ1) is 16.8. The zero-order valence-electron chi connectivity index (χ0n) is 19.5. The number of nitrogens with zero attached hydrogens (tertiary/aromatic N) is 2. The molecule has 1 heterocycles. The molecule has 1 aliphatic rings. The molecule has 0 N–H and O–H groups in total. The van der Waals surface area contributed by atoms with Crippen molar-refractivity contribution in [2.45, 2.75) is 10.9 Å². The highest BCUT2D eigenvalue weighted by atomic mass is 32.2. The van der Waals surface area contributed by atoms with Gasteiger partial charge in [0.15, 0.2) is 0 Å². The second kappa shape index (κ2) is 10.3. The molecule has 0 spiro atoms. The van der Waals surface area contributed by atoms with E-state index in [1.165, 1.54) is 31.3 Å². The third-order valence-electron chi connectivity index (χ3n) is 6.00. The van der Waals surface area contributed by atoms with Crippen LogP contribution in [0.15, 0.2) is 83.8 Å². The first-order valence-electron chi connectivity index (χ1n) is 11.0. The smallest absolute Gasteiger partial charge is 0.326 e. The van der Waals surface area contributed by atoms with Crippen LogP contribution >= 0.6 is 0 Å². The molecule has 1 amide bonds. The van der Waals surface area contributed by atoms with Gasteiger partial charge in [0.2, 0.25) is 10.0 Å². The summed E-state index contributed by atoms with van der Waals surface area (Å²) >= 11 is 0. The molecule has 0 saturated carbocycles. The summed E-state index contributed by atoms with van der Waals surface area (Å²) in [5.74, 6) is -0.485. The number of amides is 1. The number of sulfonamides is 1. The van der Waals surface area contributed by atoms with Crippen molar-refractivity contribution in [1.82, 2.24) is 9.21 Å². The van der Waals surface area contributed by atoms with Crippen molar-refractivity contribution in [1.29, 1.82) is 0 Å². The van der Waals surface area contributed by atoms with Gasteiger partial charge in [0.1, 0.15) is 11.8 Å². The van der Waals surface area contributed by atoms with Crippen LogP contribution in [0.2, 0.25) is 0 Å². The fourth-order valence-electron chi connectivity index (χ4n) is 4.07. The zero-order valence-corrected chi connectivity index (χ0v) is 20.3. The molecule has 1 unspecified atom stereocenters. The standard InChI is InChI=1S/C26H26N2O6S/c1-33-22-12-14-23(15-13-22)35(31,32)28-17-16-27(18-24(28)26(30)34-2)25(29)21-10-8-20(9-11-21)19-6-4-3-5-7-19/h3-15,24H,16-18H2,1-2H3. The fourth-order valence-corrected chi connectivity index (χ4v) is 5.63. The van der Waals surface area contributed by atoms with Gasteiger partial charge in [-0.15, -0.1) is 0 Å². The van der Waals surface area contributed by atoms with Crippen LogP contribution in [0.4, 0.5) is 0 Å². The minimum Gasteiger partial charge on any atom is -0.497 e. The van der Waals surface area contributed by atoms with Crippen molar-refractivity contribution < 1.29 is 27.5 Å². The molecule has 3 aromatic rings. The van der Waals surface area contributed by atoms with Gasteiger partial charge in [-0.25, -0.2) is 8.42 Å². The van der Waals surface area contributed by atoms with Gasteiger partial charge >= 0.3 is 5.97 Å². The highest BCUT2D eigenvalue weighted by Crippen LogP contribution is 2.26. The minimum atomic E-state index is -4.00. The molecule has 9 heteroatoms. The molecule has 0 bridgehead atoms. The maximum absolute atomic E-state index is 13.3. The Morgan fingerprint density at radius 1 is 0.829 bits per heavy atom. The lowest BCUT2D eigenvalue weighted by molar-refractivity contribution is -0.146. The van der Waals surface area contributed by atoms with E-state index < -0.39 is 22.0 Å². The number of carbonyl (C=O) groups is 2. The van der Waals surface area contributed by atoms with E-state index in [0.717, 1.165) is 15.4 Å². The number of benzene rings is 3. The highest BCUT2D eigenvalue weighted by Gasteiger charge is 2.42. The molecule has 1 fully saturated rings. The summed E-state index contributed by atoms with van der Waals surface area (Å²) in [5.41, 5.74) is 2.47. The quantitative estimate of drug-likeness (QED) is 0.489. The number of methoxy groups -OCH3 is 2. The van der Waals surface area contributed by atoms with Crippen molar-refractivity contribution in [2.24, 2.45) is 0 Å². The molecule has 8 nitrogen and oxygen atoms in total. The van der Waals surface area contributed by atoms with Crippen molar-refractivity contribution in [3.63, 3.8) is 0 Å². The maximum Gasteiger partial charge on any atom is 0.326 e. The van der Waals surface area contributed by atoms with Crippen LogP contribution < -0.4 is 4.74 Å². The summed E-state index contributed by atoms with van der Waals surface area (Å²) in [6.07, 6.45) is 0. The minimum absolute atomic E-state index is 0.0310. The first-order valence-corrected chi connectivity index (χ1v) is 12.5. The monoisotopic (exact) mass is 494 g/mol. The molecule has 1 aliphatic heterocycles. The lowest BCUT2D eigenvalue weighted by atomic mass is 10.0. The third kappa shape index (κ3) is 5.06. The summed E-state index contributed by atoms with van der Waals surface area (Å²) in [7, 11) is -1.32. The molecule has 0 aliphatic carbocycles. The van der Waals surface area contributed by atoms with Gasteiger partial charge in [-0.1, -0.05) is 42.5 Å². The third-order valence-corrected chi connectivity index (χ3v) is 7.92. The van der Waals surface area contributed by atoms with Gasteiger partial charge in [0, 0.05) is 25.2 Å². The summed E-state index contributed by atoms with van der Waals surface area (Å²) in [6.45, 7) is -0.00849. The molecule has 0 aromatic heterocycles. The Labute approximate surface area is 204 Å². The number of hydrogen-bond donors (Lipinski definition) is 0. The first kappa shape index (κ1) is 24.4. The molecular weight excluding hydrogens is 468 g/mol. The SMILES string of the molecule is COC(=O)C1CN(C(=O)c2ccc(-c3ccccc3)cc2)CCN1S(=O)(=O)c1ccc(OC)cc1. The summed E-state index contributed by atoms with van der Waals surface area (Å²) in [6, 6.07) is 21.8. The fraction of sp³-hybridized carbons (Fsp3) is 0.231. The Bertz CT molecular complexity index is 1290. The predicted molar refractivity (Wildman–Crippen MR) is 130 cm³/mol. The van der Waals surface area contributed by atoms with Gasteiger partial charge in [-0.2, -0.15) is 4.31 Å². The average Bonchev–Trinajstić information content (AvgIpc) is 2.92. The summed E-state index contributed by atoms with van der Waals surface area (Å²) in [5, 5.41) is 0. The van der Waals surface area contributed by atoms with E-state index in [2.05, 4.69) is 0 Å². The lowest BCUT2D eigenvalue weighted by Gasteiger charge is -2.39. The van der Waals surface area contributed by atoms with Crippen LogP contribution in [0, 0.1) is 0 Å². The molecule has 1 atom stereocenters. The van der Waals surface area contributed by atoms with E-state index in [-0.39, 0.29) is 30.4 Å². The lowest BCUT2D eigenvalue weighted by Crippen LogP contribution is -2.59. The molecule has 182 valence electrons. The van der Waals surface area contributed by atoms with Crippen LogP contribution in [0.25, 0.3) is 11.1 Å². The van der Waals surface area contributed by atoms with Crippen molar-refractivity contribution in [2.75, 3.05) is 33.9 Å². The largest absolute Gasteiger partial charge is 0.497 e. The van der Waals surface area contributed by atoms with Crippen molar-refractivity contribution in [3.05, 3.63) is 84.4 Å². The van der Waals surface area contributed by atoms with Gasteiger partial charge in [0.05, 0.1) is 19.1 Å². The van der Waals surface area contributed by atoms with Crippen LogP contribution in [0.5, 0.6) is 5.75 Å². The topological polar surface area (TPSA) is 93.2 Å². The Hall–Kier alpha value is -3.69. The van der Waals surface area contributed by atoms with E-state index in [1.807, 2.05) is 42.5 Å². The van der Waals surface area contributed by atoms with Crippen molar-refractivity contribution in [3.8, 4) is 16.9 Å². The zero-order chi connectivity index (χ0) is 25.0. The predicted octanol–water partition coefficient (Wildman–Crippen LogP) is 3.05.